The number of carbonyl (C=O) groups excluding carboxylic acids is 1. The fraction of sp³-hybridized carbons (Fsp3) is 0.286. The van der Waals surface area contributed by atoms with Gasteiger partial charge in [-0.1, -0.05) is 6.42 Å². The lowest BCUT2D eigenvalue weighted by molar-refractivity contribution is -0.00391. The summed E-state index contributed by atoms with van der Waals surface area (Å²) in [6.07, 6.45) is 1.91. The molecule has 3 rings (SSSR count). The summed E-state index contributed by atoms with van der Waals surface area (Å²) in [6.45, 7) is 0.526. The van der Waals surface area contributed by atoms with Gasteiger partial charge in [-0.05, 0) is 77.5 Å². The topological polar surface area (TPSA) is 118 Å². The van der Waals surface area contributed by atoms with Gasteiger partial charge >= 0.3 is 0 Å². The number of unbranched alkanes of at least 4 members (excludes halogenated alkanes) is 2. The van der Waals surface area contributed by atoms with E-state index in [4.69, 9.17) is 5.21 Å². The Labute approximate surface area is 173 Å². The van der Waals surface area contributed by atoms with E-state index in [0.717, 1.165) is 41.6 Å². The number of nitrogens with one attached hydrogen (secondary N) is 3. The number of thiophene rings is 1. The third-order valence-corrected chi connectivity index (χ3v) is 5.33. The van der Waals surface area contributed by atoms with Crippen molar-refractivity contribution < 1.29 is 20.2 Å². The maximum absolute atomic E-state index is 12.8. The van der Waals surface area contributed by atoms with Gasteiger partial charge in [-0.2, -0.15) is 16.8 Å². The molecule has 0 aliphatic carbocycles. The fourth-order valence-electron chi connectivity index (χ4n) is 3.07. The van der Waals surface area contributed by atoms with E-state index in [0.29, 0.717) is 18.7 Å². The van der Waals surface area contributed by atoms with E-state index in [-0.39, 0.29) is 11.7 Å². The molecule has 1 amide bonds. The maximum Gasteiger partial charge on any atom is 0.268 e. The number of aliphatic hydroxyl groups is 1. The van der Waals surface area contributed by atoms with Crippen molar-refractivity contribution in [3.63, 3.8) is 0 Å². The summed E-state index contributed by atoms with van der Waals surface area (Å²) in [5.41, 5.74) is 5.82. The van der Waals surface area contributed by atoms with E-state index in [9.17, 15) is 15.0 Å². The van der Waals surface area contributed by atoms with Crippen molar-refractivity contribution in [3.05, 3.63) is 52.9 Å². The van der Waals surface area contributed by atoms with Gasteiger partial charge in [0.25, 0.3) is 5.91 Å². The zero-order valence-corrected chi connectivity index (χ0v) is 16.7. The number of hydrogen-bond acceptors (Lipinski definition) is 6. The molecule has 0 bridgehead atoms. The number of aliphatic hydroxyl groups excluding tert-OH is 1. The molecule has 0 aliphatic heterocycles. The second-order valence-corrected chi connectivity index (χ2v) is 7.56. The van der Waals surface area contributed by atoms with Crippen LogP contribution in [0.3, 0.4) is 0 Å². The lowest BCUT2D eigenvalue weighted by Gasteiger charge is -2.08. The van der Waals surface area contributed by atoms with Crippen molar-refractivity contribution in [2.75, 3.05) is 6.54 Å². The van der Waals surface area contributed by atoms with Crippen molar-refractivity contribution in [2.45, 2.75) is 31.9 Å². The summed E-state index contributed by atoms with van der Waals surface area (Å²) in [5, 5.41) is 34.2. The third-order valence-electron chi connectivity index (χ3n) is 4.64. The first kappa shape index (κ1) is 21.1. The summed E-state index contributed by atoms with van der Waals surface area (Å²) in [7, 11) is 0. The molecule has 0 saturated heterocycles. The largest absolute Gasteiger partial charge is 0.508 e. The Morgan fingerprint density at radius 3 is 2.59 bits per heavy atom. The Hall–Kier alpha value is -2.65. The number of rotatable bonds is 10. The second kappa shape index (κ2) is 10.2. The van der Waals surface area contributed by atoms with Crippen LogP contribution in [0.2, 0.25) is 0 Å². The predicted molar refractivity (Wildman–Crippen MR) is 113 cm³/mol. The molecule has 7 nitrogen and oxygen atoms in total. The molecule has 0 spiro atoms. The summed E-state index contributed by atoms with van der Waals surface area (Å²) in [5.74, 6) is 0.0203. The van der Waals surface area contributed by atoms with Gasteiger partial charge in [0.15, 0.2) is 0 Å². The van der Waals surface area contributed by atoms with Gasteiger partial charge in [-0.15, -0.1) is 0 Å². The van der Waals surface area contributed by atoms with E-state index in [1.165, 1.54) is 0 Å². The molecule has 0 fully saturated rings. The number of aromatic hydroxyl groups is 1. The first-order valence-corrected chi connectivity index (χ1v) is 10.4. The van der Waals surface area contributed by atoms with Gasteiger partial charge in [-0.25, -0.2) is 0 Å². The Kier molecular flexibility index (Phi) is 7.42. The third kappa shape index (κ3) is 5.68. The number of benzene rings is 1. The van der Waals surface area contributed by atoms with E-state index in [1.54, 1.807) is 41.1 Å². The standard InChI is InChI=1S/C21H25N3O4S/c25-16-7-5-14(6-8-16)18-12-17(15-9-11-29-13-15)20(23-18)21(27)22-10-3-1-2-4-19(26)24-28/h5-9,11-13,19,23-26,28H,1-4,10H2,(H,22,27). The van der Waals surface area contributed by atoms with Crippen molar-refractivity contribution >= 4 is 17.2 Å². The number of phenolic OH excluding ortho intramolecular Hbond substituents is 1. The summed E-state index contributed by atoms with van der Waals surface area (Å²) < 4.78 is 0. The zero-order valence-electron chi connectivity index (χ0n) is 15.9. The quantitative estimate of drug-likeness (QED) is 0.171. The van der Waals surface area contributed by atoms with Crippen molar-refractivity contribution in [2.24, 2.45) is 0 Å². The molecule has 0 saturated carbocycles. The van der Waals surface area contributed by atoms with Crippen LogP contribution in [0.25, 0.3) is 22.4 Å². The molecule has 1 atom stereocenters. The average Bonchev–Trinajstić information content (AvgIpc) is 3.40. The Bertz CT molecular complexity index is 907. The number of amides is 1. The molecule has 1 unspecified atom stereocenters. The normalized spacial score (nSPS) is 12.1. The van der Waals surface area contributed by atoms with Crippen molar-refractivity contribution in [1.29, 1.82) is 0 Å². The van der Waals surface area contributed by atoms with Crippen LogP contribution < -0.4 is 10.8 Å². The first-order valence-electron chi connectivity index (χ1n) is 9.49. The number of hydrogen-bond donors (Lipinski definition) is 6. The molecule has 2 heterocycles. The zero-order chi connectivity index (χ0) is 20.6. The smallest absolute Gasteiger partial charge is 0.268 e. The highest BCUT2D eigenvalue weighted by molar-refractivity contribution is 7.08. The van der Waals surface area contributed by atoms with Crippen LogP contribution >= 0.6 is 11.3 Å². The monoisotopic (exact) mass is 415 g/mol. The van der Waals surface area contributed by atoms with Gasteiger partial charge in [0.1, 0.15) is 17.7 Å². The Morgan fingerprint density at radius 2 is 1.90 bits per heavy atom. The van der Waals surface area contributed by atoms with Gasteiger partial charge in [0, 0.05) is 17.8 Å². The van der Waals surface area contributed by atoms with E-state index in [2.05, 4.69) is 10.3 Å². The van der Waals surface area contributed by atoms with Gasteiger partial charge in [-0.3, -0.25) is 4.79 Å². The summed E-state index contributed by atoms with van der Waals surface area (Å²) >= 11 is 1.57. The van der Waals surface area contributed by atoms with E-state index < -0.39 is 6.23 Å². The lowest BCUT2D eigenvalue weighted by atomic mass is 10.1. The van der Waals surface area contributed by atoms with Crippen LogP contribution in [0.4, 0.5) is 0 Å². The molecule has 29 heavy (non-hydrogen) atoms. The molecule has 2 aromatic heterocycles. The molecule has 3 aromatic rings. The van der Waals surface area contributed by atoms with Crippen LogP contribution in [-0.4, -0.2) is 39.1 Å². The summed E-state index contributed by atoms with van der Waals surface area (Å²) in [4.78, 5) is 16.0. The van der Waals surface area contributed by atoms with E-state index >= 15 is 0 Å². The molecule has 154 valence electrons. The minimum Gasteiger partial charge on any atom is -0.508 e. The summed E-state index contributed by atoms with van der Waals surface area (Å²) in [6, 6.07) is 10.8. The second-order valence-electron chi connectivity index (χ2n) is 6.78. The van der Waals surface area contributed by atoms with Crippen LogP contribution in [0.15, 0.2) is 47.2 Å². The highest BCUT2D eigenvalue weighted by Crippen LogP contribution is 2.31. The number of phenols is 1. The number of H-pyrrole nitrogens is 1. The van der Waals surface area contributed by atoms with Crippen LogP contribution in [0.1, 0.15) is 36.2 Å². The van der Waals surface area contributed by atoms with Crippen LogP contribution in [0, 0.1) is 0 Å². The Morgan fingerprint density at radius 1 is 1.10 bits per heavy atom. The minimum atomic E-state index is -0.907. The first-order chi connectivity index (χ1) is 14.1. The molecular formula is C21H25N3O4S. The number of hydroxylamine groups is 1. The molecule has 0 radical (unpaired) electrons. The van der Waals surface area contributed by atoms with Gasteiger partial charge in [0.05, 0.1) is 0 Å². The highest BCUT2D eigenvalue weighted by Gasteiger charge is 2.18. The molecule has 8 heteroatoms. The Balaban J connectivity index is 1.67. The number of carbonyl (C=O) groups is 1. The van der Waals surface area contributed by atoms with Crippen molar-refractivity contribution in [3.8, 4) is 28.1 Å². The highest BCUT2D eigenvalue weighted by atomic mass is 32.1. The van der Waals surface area contributed by atoms with Crippen molar-refractivity contribution in [1.82, 2.24) is 15.8 Å². The lowest BCUT2D eigenvalue weighted by Crippen LogP contribution is -2.26. The number of aromatic amines is 1. The molecular weight excluding hydrogens is 390 g/mol. The van der Waals surface area contributed by atoms with Crippen LogP contribution in [-0.2, 0) is 0 Å². The average molecular weight is 416 g/mol. The molecule has 0 aliphatic rings. The molecule has 6 N–H and O–H groups in total. The minimum absolute atomic E-state index is 0.173. The fourth-order valence-corrected chi connectivity index (χ4v) is 3.73. The SMILES string of the molecule is O=C(NCCCCCC(O)NO)c1[nH]c(-c2ccc(O)cc2)cc1-c1ccsc1. The molecule has 1 aromatic carbocycles. The predicted octanol–water partition coefficient (Wildman–Crippen LogP) is 3.70. The van der Waals surface area contributed by atoms with Gasteiger partial charge in [0.2, 0.25) is 0 Å². The van der Waals surface area contributed by atoms with Crippen LogP contribution in [0.5, 0.6) is 5.75 Å². The number of aromatic nitrogens is 1. The van der Waals surface area contributed by atoms with Gasteiger partial charge < -0.3 is 25.7 Å². The maximum atomic E-state index is 12.8. The van der Waals surface area contributed by atoms with E-state index in [1.807, 2.05) is 22.9 Å².